The van der Waals surface area contributed by atoms with Crippen molar-refractivity contribution in [2.24, 2.45) is 0 Å². The number of nitrogen functional groups attached to an aromatic ring is 1. The van der Waals surface area contributed by atoms with Gasteiger partial charge >= 0.3 is 5.97 Å². The zero-order valence-corrected chi connectivity index (χ0v) is 11.3. The van der Waals surface area contributed by atoms with E-state index in [4.69, 9.17) is 5.73 Å². The quantitative estimate of drug-likeness (QED) is 0.327. The van der Waals surface area contributed by atoms with Crippen LogP contribution < -0.4 is 5.73 Å². The summed E-state index contributed by atoms with van der Waals surface area (Å²) >= 11 is 0. The van der Waals surface area contributed by atoms with Crippen LogP contribution in [-0.2, 0) is 9.78 Å². The van der Waals surface area contributed by atoms with Crippen molar-refractivity contribution in [1.29, 1.82) is 0 Å². The minimum atomic E-state index is -0.659. The Morgan fingerprint density at radius 3 is 2.57 bits per heavy atom. The van der Waals surface area contributed by atoms with Gasteiger partial charge in [0.1, 0.15) is 5.75 Å². The number of phenolic OH excluding ortho intramolecular Hbond substituents is 1. The number of fused-ring (bicyclic) bond motifs is 3. The van der Waals surface area contributed by atoms with Crippen molar-refractivity contribution in [1.82, 2.24) is 0 Å². The third-order valence-corrected chi connectivity index (χ3v) is 3.34. The van der Waals surface area contributed by atoms with E-state index in [0.29, 0.717) is 11.1 Å². The molecule has 0 amide bonds. The van der Waals surface area contributed by atoms with Crippen molar-refractivity contribution in [2.75, 3.05) is 12.8 Å². The van der Waals surface area contributed by atoms with Crippen LogP contribution in [0.15, 0.2) is 42.5 Å². The second-order valence-electron chi connectivity index (χ2n) is 4.67. The predicted octanol–water partition coefficient (Wildman–Crippen LogP) is 3.00. The number of hydrogen-bond donors (Lipinski definition) is 2. The number of phenols is 1. The molecule has 0 aliphatic heterocycles. The molecule has 0 saturated carbocycles. The summed E-state index contributed by atoms with van der Waals surface area (Å²) in [6.45, 7) is 0. The van der Waals surface area contributed by atoms with Crippen LogP contribution in [0.2, 0.25) is 0 Å². The molecule has 0 fully saturated rings. The third kappa shape index (κ3) is 2.23. The summed E-state index contributed by atoms with van der Waals surface area (Å²) in [5.74, 6) is -0.678. The average Bonchev–Trinajstić information content (AvgIpc) is 2.46. The van der Waals surface area contributed by atoms with E-state index in [2.05, 4.69) is 9.78 Å². The summed E-state index contributed by atoms with van der Waals surface area (Å²) in [5, 5.41) is 13.1. The lowest BCUT2D eigenvalue weighted by atomic mass is 9.97. The topological polar surface area (TPSA) is 81.8 Å². The van der Waals surface area contributed by atoms with E-state index in [-0.39, 0.29) is 11.3 Å². The molecule has 0 atom stereocenters. The van der Waals surface area contributed by atoms with Gasteiger partial charge in [0, 0.05) is 5.69 Å². The first-order chi connectivity index (χ1) is 10.1. The molecule has 0 radical (unpaired) electrons. The molecule has 3 rings (SSSR count). The lowest BCUT2D eigenvalue weighted by Crippen LogP contribution is -2.04. The summed E-state index contributed by atoms with van der Waals surface area (Å²) in [4.78, 5) is 20.9. The molecular weight excluding hydrogens is 270 g/mol. The minimum absolute atomic E-state index is 0.0186. The molecule has 5 heteroatoms. The van der Waals surface area contributed by atoms with Crippen molar-refractivity contribution in [3.05, 3.63) is 48.0 Å². The van der Waals surface area contributed by atoms with Gasteiger partial charge in [-0.15, -0.1) is 0 Å². The molecule has 0 bridgehead atoms. The zero-order valence-electron chi connectivity index (χ0n) is 11.3. The van der Waals surface area contributed by atoms with Gasteiger partial charge in [0.05, 0.1) is 12.7 Å². The maximum absolute atomic E-state index is 11.9. The van der Waals surface area contributed by atoms with Crippen molar-refractivity contribution in [3.63, 3.8) is 0 Å². The van der Waals surface area contributed by atoms with Crippen LogP contribution in [0.25, 0.3) is 21.5 Å². The maximum Gasteiger partial charge on any atom is 0.373 e. The van der Waals surface area contributed by atoms with Crippen LogP contribution >= 0.6 is 0 Å². The lowest BCUT2D eigenvalue weighted by molar-refractivity contribution is -0.216. The predicted molar refractivity (Wildman–Crippen MR) is 80.0 cm³/mol. The van der Waals surface area contributed by atoms with E-state index in [9.17, 15) is 9.90 Å². The minimum Gasteiger partial charge on any atom is -0.508 e. The normalized spacial score (nSPS) is 10.9. The second kappa shape index (κ2) is 4.96. The van der Waals surface area contributed by atoms with Crippen LogP contribution in [0, 0.1) is 0 Å². The molecule has 3 N–H and O–H groups in total. The molecule has 0 aliphatic rings. The van der Waals surface area contributed by atoms with E-state index in [1.54, 1.807) is 18.2 Å². The van der Waals surface area contributed by atoms with Crippen LogP contribution in [-0.4, -0.2) is 18.2 Å². The molecular formula is C16H13NO4. The van der Waals surface area contributed by atoms with Gasteiger partial charge in [-0.2, -0.15) is 4.89 Å². The Kier molecular flexibility index (Phi) is 3.12. The highest BCUT2D eigenvalue weighted by Crippen LogP contribution is 2.32. The molecule has 0 saturated heterocycles. The first-order valence-corrected chi connectivity index (χ1v) is 6.30. The molecule has 0 heterocycles. The Bertz CT molecular complexity index is 858. The largest absolute Gasteiger partial charge is 0.508 e. The fraction of sp³-hybridized carbons (Fsp3) is 0.0625. The average molecular weight is 283 g/mol. The number of hydrogen-bond acceptors (Lipinski definition) is 5. The molecule has 3 aromatic carbocycles. The van der Waals surface area contributed by atoms with Crippen molar-refractivity contribution < 1.29 is 19.7 Å². The maximum atomic E-state index is 11.9. The Labute approximate surface area is 120 Å². The van der Waals surface area contributed by atoms with Gasteiger partial charge in [0.15, 0.2) is 0 Å². The number of benzene rings is 3. The number of carbonyl (C=O) groups excluding carboxylic acids is 1. The molecule has 5 nitrogen and oxygen atoms in total. The lowest BCUT2D eigenvalue weighted by Gasteiger charge is -2.09. The fourth-order valence-electron chi connectivity index (χ4n) is 2.47. The highest BCUT2D eigenvalue weighted by Gasteiger charge is 2.15. The van der Waals surface area contributed by atoms with E-state index < -0.39 is 5.97 Å². The SMILES string of the molecule is COOC(=O)c1cc(O)cc2c1ccc1cc(N)ccc12. The Morgan fingerprint density at radius 1 is 1.05 bits per heavy atom. The fourth-order valence-corrected chi connectivity index (χ4v) is 2.47. The van der Waals surface area contributed by atoms with E-state index in [1.165, 1.54) is 13.2 Å². The third-order valence-electron chi connectivity index (χ3n) is 3.34. The molecule has 3 aromatic rings. The highest BCUT2D eigenvalue weighted by atomic mass is 17.2. The number of carbonyl (C=O) groups is 1. The van der Waals surface area contributed by atoms with Crippen molar-refractivity contribution >= 4 is 33.2 Å². The Hall–Kier alpha value is -2.79. The monoisotopic (exact) mass is 283 g/mol. The first kappa shape index (κ1) is 13.2. The molecule has 21 heavy (non-hydrogen) atoms. The zero-order chi connectivity index (χ0) is 15.0. The van der Waals surface area contributed by atoms with Crippen LogP contribution in [0.1, 0.15) is 10.4 Å². The van der Waals surface area contributed by atoms with Gasteiger partial charge in [0.25, 0.3) is 0 Å². The molecule has 0 aliphatic carbocycles. The summed E-state index contributed by atoms with van der Waals surface area (Å²) < 4.78 is 0. The van der Waals surface area contributed by atoms with Gasteiger partial charge in [-0.1, -0.05) is 18.2 Å². The van der Waals surface area contributed by atoms with Crippen LogP contribution in [0.4, 0.5) is 5.69 Å². The standard InChI is InChI=1S/C16H13NO4/c1-20-21-16(19)15-8-11(18)7-14-12-5-3-10(17)6-9(12)2-4-13(14)15/h2-8,18H,17H2,1H3. The first-order valence-electron chi connectivity index (χ1n) is 6.30. The number of nitrogens with two attached hydrogens (primary N) is 1. The summed E-state index contributed by atoms with van der Waals surface area (Å²) in [5.41, 5.74) is 6.67. The number of rotatable bonds is 2. The molecule has 106 valence electrons. The van der Waals surface area contributed by atoms with E-state index >= 15 is 0 Å². The Morgan fingerprint density at radius 2 is 1.81 bits per heavy atom. The van der Waals surface area contributed by atoms with Crippen molar-refractivity contribution in [2.45, 2.75) is 0 Å². The molecule has 0 unspecified atom stereocenters. The molecule has 0 aromatic heterocycles. The van der Waals surface area contributed by atoms with Crippen molar-refractivity contribution in [3.8, 4) is 5.75 Å². The van der Waals surface area contributed by atoms with Crippen LogP contribution in [0.5, 0.6) is 5.75 Å². The van der Waals surface area contributed by atoms with Gasteiger partial charge in [-0.3, -0.25) is 4.89 Å². The van der Waals surface area contributed by atoms with Gasteiger partial charge in [0.2, 0.25) is 0 Å². The number of anilines is 1. The van der Waals surface area contributed by atoms with Gasteiger partial charge < -0.3 is 10.8 Å². The van der Waals surface area contributed by atoms with Crippen LogP contribution in [0.3, 0.4) is 0 Å². The smallest absolute Gasteiger partial charge is 0.373 e. The molecule has 0 spiro atoms. The summed E-state index contributed by atoms with van der Waals surface area (Å²) in [6, 6.07) is 12.1. The van der Waals surface area contributed by atoms with E-state index in [1.807, 2.05) is 18.2 Å². The second-order valence-corrected chi connectivity index (χ2v) is 4.67. The summed E-state index contributed by atoms with van der Waals surface area (Å²) in [6.07, 6.45) is 0. The highest BCUT2D eigenvalue weighted by molar-refractivity contribution is 6.15. The van der Waals surface area contributed by atoms with E-state index in [0.717, 1.165) is 16.2 Å². The summed E-state index contributed by atoms with van der Waals surface area (Å²) in [7, 11) is 1.25. The van der Waals surface area contributed by atoms with Gasteiger partial charge in [-0.25, -0.2) is 4.79 Å². The Balaban J connectivity index is 2.36. The number of aromatic hydroxyl groups is 1. The van der Waals surface area contributed by atoms with Gasteiger partial charge in [-0.05, 0) is 45.8 Å².